The Kier molecular flexibility index (Phi) is 2.44. The largest absolute Gasteiger partial charge is 0.331 e. The van der Waals surface area contributed by atoms with Gasteiger partial charge in [-0.1, -0.05) is 19.1 Å². The van der Waals surface area contributed by atoms with Crippen LogP contribution in [0.15, 0.2) is 24.3 Å². The smallest absolute Gasteiger partial charge is 0.115 e. The number of aromatic nitrogens is 2. The van der Waals surface area contributed by atoms with Gasteiger partial charge in [-0.15, -0.1) is 0 Å². The SMILES string of the molecule is Cn1c(C2(C)CCNCC2)nc2ccccc21. The first-order valence-electron chi connectivity index (χ1n) is 6.33. The van der Waals surface area contributed by atoms with Crippen LogP contribution in [-0.4, -0.2) is 22.6 Å². The molecule has 1 aromatic carbocycles. The number of piperidine rings is 1. The molecule has 2 aromatic rings. The monoisotopic (exact) mass is 229 g/mol. The van der Waals surface area contributed by atoms with E-state index >= 15 is 0 Å². The molecule has 1 aliphatic heterocycles. The number of hydrogen-bond acceptors (Lipinski definition) is 2. The summed E-state index contributed by atoms with van der Waals surface area (Å²) in [6.07, 6.45) is 2.34. The average Bonchev–Trinajstić information content (AvgIpc) is 2.69. The van der Waals surface area contributed by atoms with Gasteiger partial charge in [-0.25, -0.2) is 4.98 Å². The zero-order valence-corrected chi connectivity index (χ0v) is 10.5. The van der Waals surface area contributed by atoms with Crippen LogP contribution < -0.4 is 5.32 Å². The molecule has 0 unspecified atom stereocenters. The highest BCUT2D eigenvalue weighted by molar-refractivity contribution is 5.76. The van der Waals surface area contributed by atoms with Gasteiger partial charge in [-0.05, 0) is 38.1 Å². The van der Waals surface area contributed by atoms with Crippen molar-refractivity contribution in [3.05, 3.63) is 30.1 Å². The molecule has 2 heterocycles. The molecule has 0 aliphatic carbocycles. The van der Waals surface area contributed by atoms with E-state index in [1.807, 2.05) is 0 Å². The van der Waals surface area contributed by atoms with Crippen LogP contribution in [0.4, 0.5) is 0 Å². The number of para-hydroxylation sites is 2. The van der Waals surface area contributed by atoms with Gasteiger partial charge in [0.05, 0.1) is 11.0 Å². The van der Waals surface area contributed by atoms with E-state index in [4.69, 9.17) is 4.98 Å². The number of imidazole rings is 1. The van der Waals surface area contributed by atoms with Crippen molar-refractivity contribution in [3.63, 3.8) is 0 Å². The van der Waals surface area contributed by atoms with Crippen LogP contribution in [0.2, 0.25) is 0 Å². The summed E-state index contributed by atoms with van der Waals surface area (Å²) in [5.74, 6) is 1.24. The van der Waals surface area contributed by atoms with Crippen molar-refractivity contribution in [3.8, 4) is 0 Å². The molecule has 0 radical (unpaired) electrons. The molecular weight excluding hydrogens is 210 g/mol. The van der Waals surface area contributed by atoms with Crippen molar-refractivity contribution in [1.29, 1.82) is 0 Å². The molecule has 1 saturated heterocycles. The summed E-state index contributed by atoms with van der Waals surface area (Å²) in [7, 11) is 2.14. The minimum Gasteiger partial charge on any atom is -0.331 e. The van der Waals surface area contributed by atoms with E-state index in [0.717, 1.165) is 18.6 Å². The summed E-state index contributed by atoms with van der Waals surface area (Å²) in [5.41, 5.74) is 2.57. The fourth-order valence-electron chi connectivity index (χ4n) is 2.89. The molecule has 0 spiro atoms. The zero-order valence-electron chi connectivity index (χ0n) is 10.5. The fourth-order valence-corrected chi connectivity index (χ4v) is 2.89. The first-order chi connectivity index (χ1) is 8.21. The third-order valence-corrected chi connectivity index (χ3v) is 4.03. The minimum absolute atomic E-state index is 0.221. The average molecular weight is 229 g/mol. The van der Waals surface area contributed by atoms with Crippen molar-refractivity contribution in [2.75, 3.05) is 13.1 Å². The Morgan fingerprint density at radius 2 is 1.94 bits per heavy atom. The van der Waals surface area contributed by atoms with Crippen LogP contribution in [0.1, 0.15) is 25.6 Å². The van der Waals surface area contributed by atoms with Gasteiger partial charge in [0.2, 0.25) is 0 Å². The third kappa shape index (κ3) is 1.65. The normalized spacial score (nSPS) is 19.6. The van der Waals surface area contributed by atoms with Crippen LogP contribution in [0.5, 0.6) is 0 Å². The summed E-state index contributed by atoms with van der Waals surface area (Å²) in [6.45, 7) is 4.54. The zero-order chi connectivity index (χ0) is 11.9. The fraction of sp³-hybridized carbons (Fsp3) is 0.500. The summed E-state index contributed by atoms with van der Waals surface area (Å²) in [6, 6.07) is 8.39. The third-order valence-electron chi connectivity index (χ3n) is 4.03. The summed E-state index contributed by atoms with van der Waals surface area (Å²) >= 11 is 0. The first kappa shape index (κ1) is 10.8. The topological polar surface area (TPSA) is 29.9 Å². The molecule has 0 saturated carbocycles. The number of fused-ring (bicyclic) bond motifs is 1. The van der Waals surface area contributed by atoms with Crippen LogP contribution in [0, 0.1) is 0 Å². The van der Waals surface area contributed by atoms with E-state index < -0.39 is 0 Å². The highest BCUT2D eigenvalue weighted by atomic mass is 15.1. The van der Waals surface area contributed by atoms with Gasteiger partial charge in [-0.3, -0.25) is 0 Å². The van der Waals surface area contributed by atoms with Crippen LogP contribution in [-0.2, 0) is 12.5 Å². The summed E-state index contributed by atoms with van der Waals surface area (Å²) < 4.78 is 2.26. The van der Waals surface area contributed by atoms with Gasteiger partial charge in [0.25, 0.3) is 0 Å². The van der Waals surface area contributed by atoms with Crippen molar-refractivity contribution in [2.45, 2.75) is 25.2 Å². The summed E-state index contributed by atoms with van der Waals surface area (Å²) in [5, 5.41) is 3.43. The second-order valence-corrected chi connectivity index (χ2v) is 5.29. The van der Waals surface area contributed by atoms with Gasteiger partial charge < -0.3 is 9.88 Å². The maximum atomic E-state index is 4.84. The van der Waals surface area contributed by atoms with Crippen LogP contribution in [0.25, 0.3) is 11.0 Å². The van der Waals surface area contributed by atoms with Gasteiger partial charge >= 0.3 is 0 Å². The Morgan fingerprint density at radius 1 is 1.24 bits per heavy atom. The molecule has 1 aromatic heterocycles. The lowest BCUT2D eigenvalue weighted by atomic mass is 9.80. The molecule has 1 aliphatic rings. The Morgan fingerprint density at radius 3 is 2.65 bits per heavy atom. The molecular formula is C14H19N3. The molecule has 17 heavy (non-hydrogen) atoms. The number of nitrogens with one attached hydrogen (secondary N) is 1. The molecule has 0 amide bonds. The van der Waals surface area contributed by atoms with E-state index in [-0.39, 0.29) is 5.41 Å². The number of hydrogen-bond donors (Lipinski definition) is 1. The molecule has 0 atom stereocenters. The van der Waals surface area contributed by atoms with Gasteiger partial charge in [-0.2, -0.15) is 0 Å². The standard InChI is InChI=1S/C14H19N3/c1-14(7-9-15-10-8-14)13-16-11-5-3-4-6-12(11)17(13)2/h3-6,15H,7-10H2,1-2H3. The first-order valence-corrected chi connectivity index (χ1v) is 6.33. The highest BCUT2D eigenvalue weighted by Gasteiger charge is 2.33. The van der Waals surface area contributed by atoms with E-state index in [2.05, 4.69) is 48.1 Å². The molecule has 1 fully saturated rings. The molecule has 1 N–H and O–H groups in total. The lowest BCUT2D eigenvalue weighted by Crippen LogP contribution is -2.39. The predicted molar refractivity (Wildman–Crippen MR) is 70.2 cm³/mol. The molecule has 0 bridgehead atoms. The maximum absolute atomic E-state index is 4.84. The lowest BCUT2D eigenvalue weighted by molar-refractivity contribution is 0.313. The van der Waals surface area contributed by atoms with Crippen molar-refractivity contribution in [1.82, 2.24) is 14.9 Å². The lowest BCUT2D eigenvalue weighted by Gasteiger charge is -2.33. The molecule has 3 heteroatoms. The van der Waals surface area contributed by atoms with Crippen LogP contribution in [0.3, 0.4) is 0 Å². The van der Waals surface area contributed by atoms with Crippen molar-refractivity contribution >= 4 is 11.0 Å². The van der Waals surface area contributed by atoms with Gasteiger partial charge in [0.15, 0.2) is 0 Å². The Balaban J connectivity index is 2.13. The van der Waals surface area contributed by atoms with Gasteiger partial charge in [0.1, 0.15) is 5.82 Å². The minimum atomic E-state index is 0.221. The van der Waals surface area contributed by atoms with Crippen molar-refractivity contribution in [2.24, 2.45) is 7.05 Å². The summed E-state index contributed by atoms with van der Waals surface area (Å²) in [4.78, 5) is 4.84. The Bertz CT molecular complexity index is 535. The number of benzene rings is 1. The van der Waals surface area contributed by atoms with E-state index in [9.17, 15) is 0 Å². The van der Waals surface area contributed by atoms with Crippen LogP contribution >= 0.6 is 0 Å². The quantitative estimate of drug-likeness (QED) is 0.812. The Hall–Kier alpha value is -1.35. The second kappa shape index (κ2) is 3.84. The maximum Gasteiger partial charge on any atom is 0.115 e. The molecule has 3 rings (SSSR count). The number of aryl methyl sites for hydroxylation is 1. The van der Waals surface area contributed by atoms with Crippen molar-refractivity contribution < 1.29 is 0 Å². The van der Waals surface area contributed by atoms with E-state index in [1.54, 1.807) is 0 Å². The van der Waals surface area contributed by atoms with Gasteiger partial charge in [0, 0.05) is 12.5 Å². The van der Waals surface area contributed by atoms with E-state index in [0.29, 0.717) is 0 Å². The Labute approximate surface area is 102 Å². The predicted octanol–water partition coefficient (Wildman–Crippen LogP) is 2.21. The molecule has 90 valence electrons. The number of rotatable bonds is 1. The number of nitrogens with zero attached hydrogens (tertiary/aromatic N) is 2. The van der Waals surface area contributed by atoms with E-state index in [1.165, 1.54) is 24.2 Å². The second-order valence-electron chi connectivity index (χ2n) is 5.29. The highest BCUT2D eigenvalue weighted by Crippen LogP contribution is 2.33. The molecule has 3 nitrogen and oxygen atoms in total.